The largest absolute Gasteiger partial charge is 0.493 e. The number of hydrogen-bond donors (Lipinski definition) is 2. The number of aliphatic hydroxyl groups is 2. The number of halogens is 2. The van der Waals surface area contributed by atoms with Gasteiger partial charge in [-0.2, -0.15) is 0 Å². The Morgan fingerprint density at radius 3 is 2.60 bits per heavy atom. The van der Waals surface area contributed by atoms with Crippen molar-refractivity contribution in [3.05, 3.63) is 76.2 Å². The lowest BCUT2D eigenvalue weighted by atomic mass is 9.91. The molecule has 4 rings (SSSR count). The molecule has 2 N–H and O–H groups in total. The molecule has 0 amide bonds. The van der Waals surface area contributed by atoms with Crippen molar-refractivity contribution >= 4 is 17.4 Å². The average molecular weight is 500 g/mol. The number of Topliss-reactive ketones (excluding diaryl/α,β-unsaturated/α-hetero) is 1. The minimum Gasteiger partial charge on any atom is -0.493 e. The van der Waals surface area contributed by atoms with Crippen molar-refractivity contribution in [2.45, 2.75) is 50.9 Å². The monoisotopic (exact) mass is 499 g/mol. The summed E-state index contributed by atoms with van der Waals surface area (Å²) in [5.74, 6) is 0.389. The van der Waals surface area contributed by atoms with Gasteiger partial charge in [-0.05, 0) is 80.3 Å². The van der Waals surface area contributed by atoms with Gasteiger partial charge in [-0.1, -0.05) is 11.6 Å². The fourth-order valence-electron chi connectivity index (χ4n) is 3.69. The Bertz CT molecular complexity index is 1240. The molecule has 0 spiro atoms. The third-order valence-corrected chi connectivity index (χ3v) is 6.27. The summed E-state index contributed by atoms with van der Waals surface area (Å²) >= 11 is 5.91. The van der Waals surface area contributed by atoms with Gasteiger partial charge in [0.25, 0.3) is 0 Å². The molecule has 2 aromatic carbocycles. The molecule has 8 heteroatoms. The first-order chi connectivity index (χ1) is 16.7. The van der Waals surface area contributed by atoms with Crippen LogP contribution in [0.1, 0.15) is 54.2 Å². The van der Waals surface area contributed by atoms with E-state index < -0.39 is 11.4 Å². The summed E-state index contributed by atoms with van der Waals surface area (Å²) in [6, 6.07) is 12.5. The van der Waals surface area contributed by atoms with Gasteiger partial charge in [-0.15, -0.1) is 0 Å². The number of carbonyl (C=O) groups excluding carboxylic acids is 1. The molecule has 1 aliphatic carbocycles. The summed E-state index contributed by atoms with van der Waals surface area (Å²) in [6.07, 6.45) is 2.39. The van der Waals surface area contributed by atoms with E-state index in [2.05, 4.69) is 4.98 Å². The molecule has 0 radical (unpaired) electrons. The SMILES string of the molecule is COc1cc(C(=O)CCC(C)(O)c2cc(CO)cc(-c3ccc(F)c(Cl)c3)n2)ccc1OC1CC1. The number of aliphatic hydroxyl groups excluding tert-OH is 1. The lowest BCUT2D eigenvalue weighted by Crippen LogP contribution is -2.24. The predicted octanol–water partition coefficient (Wildman–Crippen LogP) is 5.45. The smallest absolute Gasteiger partial charge is 0.163 e. The number of carbonyl (C=O) groups is 1. The first-order valence-corrected chi connectivity index (χ1v) is 11.8. The van der Waals surface area contributed by atoms with Crippen LogP contribution in [0.2, 0.25) is 5.02 Å². The zero-order valence-corrected chi connectivity index (χ0v) is 20.3. The highest BCUT2D eigenvalue weighted by Gasteiger charge is 2.28. The van der Waals surface area contributed by atoms with Crippen molar-refractivity contribution in [3.8, 4) is 22.8 Å². The lowest BCUT2D eigenvalue weighted by molar-refractivity contribution is 0.0396. The van der Waals surface area contributed by atoms with Crippen LogP contribution < -0.4 is 9.47 Å². The molecule has 1 heterocycles. The van der Waals surface area contributed by atoms with Crippen molar-refractivity contribution in [1.82, 2.24) is 4.98 Å². The van der Waals surface area contributed by atoms with E-state index >= 15 is 0 Å². The standard InChI is InChI=1S/C27H27ClFNO5/c1-27(33,10-9-23(32)18-4-8-24(25(14-18)34-2)35-19-5-6-19)26-12-16(15-31)11-22(30-26)17-3-7-21(29)20(28)13-17/h3-4,7-8,11-14,19,31,33H,5-6,9-10,15H2,1-2H3. The summed E-state index contributed by atoms with van der Waals surface area (Å²) in [5, 5.41) is 20.9. The van der Waals surface area contributed by atoms with Gasteiger partial charge in [-0.25, -0.2) is 9.37 Å². The van der Waals surface area contributed by atoms with E-state index in [0.717, 1.165) is 12.8 Å². The minimum atomic E-state index is -1.46. The van der Waals surface area contributed by atoms with Gasteiger partial charge in [0.1, 0.15) is 11.4 Å². The molecule has 0 bridgehead atoms. The van der Waals surface area contributed by atoms with Crippen LogP contribution in [0.4, 0.5) is 4.39 Å². The molecule has 1 saturated carbocycles. The summed E-state index contributed by atoms with van der Waals surface area (Å²) < 4.78 is 24.8. The minimum absolute atomic E-state index is 0.0541. The molecular weight excluding hydrogens is 473 g/mol. The number of hydrogen-bond acceptors (Lipinski definition) is 6. The third-order valence-electron chi connectivity index (χ3n) is 5.98. The lowest BCUT2D eigenvalue weighted by Gasteiger charge is -2.24. The Morgan fingerprint density at radius 1 is 1.17 bits per heavy atom. The maximum atomic E-state index is 13.6. The number of nitrogens with zero attached hydrogens (tertiary/aromatic N) is 1. The van der Waals surface area contributed by atoms with Crippen LogP contribution in [-0.2, 0) is 12.2 Å². The van der Waals surface area contributed by atoms with Crippen molar-refractivity contribution in [2.24, 2.45) is 0 Å². The molecule has 35 heavy (non-hydrogen) atoms. The van der Waals surface area contributed by atoms with E-state index in [0.29, 0.717) is 33.9 Å². The maximum absolute atomic E-state index is 13.6. The number of methoxy groups -OCH3 is 1. The van der Waals surface area contributed by atoms with Crippen LogP contribution in [0.3, 0.4) is 0 Å². The van der Waals surface area contributed by atoms with Gasteiger partial charge < -0.3 is 19.7 Å². The van der Waals surface area contributed by atoms with Crippen LogP contribution in [-0.4, -0.2) is 34.2 Å². The molecule has 0 saturated heterocycles. The zero-order valence-electron chi connectivity index (χ0n) is 19.6. The fourth-order valence-corrected chi connectivity index (χ4v) is 3.87. The van der Waals surface area contributed by atoms with Crippen molar-refractivity contribution in [3.63, 3.8) is 0 Å². The highest BCUT2D eigenvalue weighted by Crippen LogP contribution is 2.35. The summed E-state index contributed by atoms with van der Waals surface area (Å²) in [4.78, 5) is 17.4. The maximum Gasteiger partial charge on any atom is 0.163 e. The van der Waals surface area contributed by atoms with E-state index in [1.165, 1.54) is 25.3 Å². The number of ether oxygens (including phenoxy) is 2. The van der Waals surface area contributed by atoms with Crippen molar-refractivity contribution in [2.75, 3.05) is 7.11 Å². The number of rotatable bonds is 10. The second-order valence-corrected chi connectivity index (χ2v) is 9.32. The summed E-state index contributed by atoms with van der Waals surface area (Å²) in [6.45, 7) is 1.29. The highest BCUT2D eigenvalue weighted by molar-refractivity contribution is 6.31. The fraction of sp³-hybridized carbons (Fsp3) is 0.333. The Labute approximate surface area is 208 Å². The van der Waals surface area contributed by atoms with E-state index in [1.54, 1.807) is 37.3 Å². The molecule has 1 aliphatic rings. The van der Waals surface area contributed by atoms with Crippen LogP contribution in [0.15, 0.2) is 48.5 Å². The van der Waals surface area contributed by atoms with Crippen LogP contribution >= 0.6 is 11.6 Å². The van der Waals surface area contributed by atoms with Gasteiger partial charge in [0.05, 0.1) is 36.2 Å². The molecule has 3 aromatic rings. The topological polar surface area (TPSA) is 88.9 Å². The van der Waals surface area contributed by atoms with Crippen molar-refractivity contribution < 1.29 is 28.9 Å². The molecule has 6 nitrogen and oxygen atoms in total. The average Bonchev–Trinajstić information content (AvgIpc) is 3.68. The van der Waals surface area contributed by atoms with Crippen LogP contribution in [0.5, 0.6) is 11.5 Å². The number of ketones is 1. The van der Waals surface area contributed by atoms with Crippen LogP contribution in [0, 0.1) is 5.82 Å². The van der Waals surface area contributed by atoms with E-state index in [1.807, 2.05) is 0 Å². The Kier molecular flexibility index (Phi) is 7.40. The Balaban J connectivity index is 1.52. The number of aromatic nitrogens is 1. The Morgan fingerprint density at radius 2 is 1.94 bits per heavy atom. The molecule has 1 fully saturated rings. The summed E-state index contributed by atoms with van der Waals surface area (Å²) in [5.41, 5.74) is 0.778. The first-order valence-electron chi connectivity index (χ1n) is 11.4. The van der Waals surface area contributed by atoms with E-state index in [-0.39, 0.29) is 42.1 Å². The normalized spacial score (nSPS) is 14.9. The molecule has 1 atom stereocenters. The van der Waals surface area contributed by atoms with Gasteiger partial charge in [0, 0.05) is 17.5 Å². The van der Waals surface area contributed by atoms with Gasteiger partial charge in [0.2, 0.25) is 0 Å². The number of benzene rings is 2. The van der Waals surface area contributed by atoms with Gasteiger partial charge >= 0.3 is 0 Å². The first kappa shape index (κ1) is 25.1. The second kappa shape index (κ2) is 10.3. The van der Waals surface area contributed by atoms with E-state index in [9.17, 15) is 19.4 Å². The molecule has 0 aliphatic heterocycles. The van der Waals surface area contributed by atoms with Gasteiger partial charge in [0.15, 0.2) is 17.3 Å². The predicted molar refractivity (Wildman–Crippen MR) is 130 cm³/mol. The zero-order chi connectivity index (χ0) is 25.2. The highest BCUT2D eigenvalue weighted by atomic mass is 35.5. The Hall–Kier alpha value is -3.00. The third kappa shape index (κ3) is 5.99. The van der Waals surface area contributed by atoms with Gasteiger partial charge in [-0.3, -0.25) is 4.79 Å². The molecule has 1 unspecified atom stereocenters. The van der Waals surface area contributed by atoms with Crippen LogP contribution in [0.25, 0.3) is 11.3 Å². The molecular formula is C27H27ClFNO5. The molecule has 184 valence electrons. The quantitative estimate of drug-likeness (QED) is 0.360. The molecule has 1 aromatic heterocycles. The number of pyridine rings is 1. The van der Waals surface area contributed by atoms with E-state index in [4.69, 9.17) is 21.1 Å². The second-order valence-electron chi connectivity index (χ2n) is 8.91. The van der Waals surface area contributed by atoms with Crippen molar-refractivity contribution in [1.29, 1.82) is 0 Å². The summed E-state index contributed by atoms with van der Waals surface area (Å²) in [7, 11) is 1.53.